The van der Waals surface area contributed by atoms with Crippen LogP contribution in [0.2, 0.25) is 10.0 Å². The molecule has 0 aromatic heterocycles. The van der Waals surface area contributed by atoms with Crippen LogP contribution in [0.3, 0.4) is 0 Å². The van der Waals surface area contributed by atoms with Crippen molar-refractivity contribution in [2.24, 2.45) is 5.41 Å². The fourth-order valence-electron chi connectivity index (χ4n) is 1.69. The molecule has 3 nitrogen and oxygen atoms in total. The molecule has 0 bridgehead atoms. The van der Waals surface area contributed by atoms with Crippen molar-refractivity contribution >= 4 is 29.2 Å². The Morgan fingerprint density at radius 1 is 1.38 bits per heavy atom. The molecule has 2 rings (SSSR count). The summed E-state index contributed by atoms with van der Waals surface area (Å²) in [6, 6.07) is 5.17. The second-order valence-corrected chi connectivity index (χ2v) is 4.82. The molecule has 86 valence electrons. The zero-order chi connectivity index (χ0) is 11.8. The van der Waals surface area contributed by atoms with Crippen LogP contribution in [0.25, 0.3) is 0 Å². The van der Waals surface area contributed by atoms with Crippen molar-refractivity contribution in [1.82, 2.24) is 0 Å². The number of ether oxygens (including phenoxy) is 1. The molecular formula is C11H10Cl2O3. The molecule has 1 aromatic carbocycles. The Hall–Kier alpha value is -0.770. The van der Waals surface area contributed by atoms with Gasteiger partial charge < -0.3 is 9.84 Å². The zero-order valence-corrected chi connectivity index (χ0v) is 9.88. The van der Waals surface area contributed by atoms with E-state index in [0.717, 1.165) is 5.56 Å². The average Bonchev–Trinajstić information content (AvgIpc) is 2.16. The van der Waals surface area contributed by atoms with Gasteiger partial charge in [0.1, 0.15) is 5.41 Å². The number of carboxylic acid groups (broad SMARTS) is 1. The quantitative estimate of drug-likeness (QED) is 0.909. The third kappa shape index (κ3) is 2.03. The van der Waals surface area contributed by atoms with Gasteiger partial charge in [0.05, 0.1) is 23.3 Å². The maximum absolute atomic E-state index is 11.1. The monoisotopic (exact) mass is 260 g/mol. The number of carboxylic acids is 1. The summed E-state index contributed by atoms with van der Waals surface area (Å²) < 4.78 is 4.99. The average molecular weight is 261 g/mol. The van der Waals surface area contributed by atoms with E-state index in [0.29, 0.717) is 16.5 Å². The summed E-state index contributed by atoms with van der Waals surface area (Å²) in [4.78, 5) is 11.1. The van der Waals surface area contributed by atoms with E-state index >= 15 is 0 Å². The molecule has 0 aliphatic carbocycles. The van der Waals surface area contributed by atoms with Gasteiger partial charge in [0.2, 0.25) is 0 Å². The lowest BCUT2D eigenvalue weighted by Gasteiger charge is -2.37. The van der Waals surface area contributed by atoms with Crippen molar-refractivity contribution < 1.29 is 14.6 Å². The lowest BCUT2D eigenvalue weighted by Crippen LogP contribution is -2.50. The molecule has 1 aromatic rings. The number of aliphatic carboxylic acids is 1. The van der Waals surface area contributed by atoms with Crippen molar-refractivity contribution in [3.8, 4) is 0 Å². The topological polar surface area (TPSA) is 46.5 Å². The van der Waals surface area contributed by atoms with Crippen LogP contribution in [0.1, 0.15) is 5.56 Å². The Morgan fingerprint density at radius 2 is 2.06 bits per heavy atom. The first-order valence-electron chi connectivity index (χ1n) is 4.79. The standard InChI is InChI=1S/C11H10Cl2O3/c12-8-2-1-7(3-9(8)13)4-11(10(14)15)5-16-6-11/h1-3H,4-6H2,(H,14,15). The van der Waals surface area contributed by atoms with Gasteiger partial charge in [-0.05, 0) is 24.1 Å². The minimum absolute atomic E-state index is 0.253. The predicted octanol–water partition coefficient (Wildman–Crippen LogP) is 2.64. The normalized spacial score (nSPS) is 17.9. The molecular weight excluding hydrogens is 251 g/mol. The second kappa shape index (κ2) is 4.24. The number of hydrogen-bond donors (Lipinski definition) is 1. The van der Waals surface area contributed by atoms with E-state index in [9.17, 15) is 4.79 Å². The summed E-state index contributed by atoms with van der Waals surface area (Å²) in [5, 5.41) is 10.0. The lowest BCUT2D eigenvalue weighted by molar-refractivity contribution is -0.179. The van der Waals surface area contributed by atoms with Gasteiger partial charge in [-0.3, -0.25) is 4.79 Å². The van der Waals surface area contributed by atoms with Crippen LogP contribution in [0.5, 0.6) is 0 Å². The minimum atomic E-state index is -0.829. The maximum Gasteiger partial charge on any atom is 0.314 e. The predicted molar refractivity (Wildman–Crippen MR) is 61.1 cm³/mol. The van der Waals surface area contributed by atoms with Crippen LogP contribution < -0.4 is 0 Å². The fraction of sp³-hybridized carbons (Fsp3) is 0.364. The van der Waals surface area contributed by atoms with Crippen LogP contribution in [0, 0.1) is 5.41 Å². The number of carbonyl (C=O) groups is 1. The Labute approximate surface area is 103 Å². The Balaban J connectivity index is 2.20. The lowest BCUT2D eigenvalue weighted by atomic mass is 9.80. The highest BCUT2D eigenvalue weighted by molar-refractivity contribution is 6.42. The summed E-state index contributed by atoms with van der Waals surface area (Å²) in [7, 11) is 0. The summed E-state index contributed by atoms with van der Waals surface area (Å²) in [5.74, 6) is -0.829. The van der Waals surface area contributed by atoms with Gasteiger partial charge in [0.25, 0.3) is 0 Å². The summed E-state index contributed by atoms with van der Waals surface area (Å²) in [5.41, 5.74) is 0.0667. The number of hydrogen-bond acceptors (Lipinski definition) is 2. The molecule has 16 heavy (non-hydrogen) atoms. The molecule has 5 heteroatoms. The molecule has 0 spiro atoms. The first kappa shape index (κ1) is 11.7. The number of benzene rings is 1. The van der Waals surface area contributed by atoms with Crippen LogP contribution in [-0.4, -0.2) is 24.3 Å². The summed E-state index contributed by atoms with van der Waals surface area (Å²) in [6.07, 6.45) is 0.416. The molecule has 0 saturated carbocycles. The van der Waals surface area contributed by atoms with Crippen LogP contribution in [-0.2, 0) is 16.0 Å². The molecule has 1 aliphatic heterocycles. The van der Waals surface area contributed by atoms with Gasteiger partial charge in [-0.2, -0.15) is 0 Å². The zero-order valence-electron chi connectivity index (χ0n) is 8.37. The van der Waals surface area contributed by atoms with Gasteiger partial charge in [0.15, 0.2) is 0 Å². The molecule has 1 saturated heterocycles. The molecule has 1 heterocycles. The molecule has 0 amide bonds. The highest BCUT2D eigenvalue weighted by Crippen LogP contribution is 2.33. The fourth-order valence-corrected chi connectivity index (χ4v) is 2.01. The van der Waals surface area contributed by atoms with Crippen LogP contribution in [0.4, 0.5) is 0 Å². The van der Waals surface area contributed by atoms with Crippen molar-refractivity contribution in [2.45, 2.75) is 6.42 Å². The number of halogens is 2. The molecule has 1 N–H and O–H groups in total. The molecule has 0 radical (unpaired) electrons. The minimum Gasteiger partial charge on any atom is -0.481 e. The maximum atomic E-state index is 11.1. The van der Waals surface area contributed by atoms with E-state index in [1.165, 1.54) is 0 Å². The van der Waals surface area contributed by atoms with Crippen LogP contribution >= 0.6 is 23.2 Å². The van der Waals surface area contributed by atoms with E-state index in [-0.39, 0.29) is 13.2 Å². The van der Waals surface area contributed by atoms with Crippen LogP contribution in [0.15, 0.2) is 18.2 Å². The first-order valence-corrected chi connectivity index (χ1v) is 5.54. The van der Waals surface area contributed by atoms with Gasteiger partial charge in [0, 0.05) is 0 Å². The summed E-state index contributed by atoms with van der Waals surface area (Å²) in [6.45, 7) is 0.505. The molecule has 0 unspecified atom stereocenters. The van der Waals surface area contributed by atoms with Gasteiger partial charge in [-0.15, -0.1) is 0 Å². The van der Waals surface area contributed by atoms with Crippen molar-refractivity contribution in [3.05, 3.63) is 33.8 Å². The second-order valence-electron chi connectivity index (χ2n) is 4.00. The van der Waals surface area contributed by atoms with E-state index in [2.05, 4.69) is 0 Å². The van der Waals surface area contributed by atoms with E-state index in [1.54, 1.807) is 18.2 Å². The van der Waals surface area contributed by atoms with E-state index < -0.39 is 11.4 Å². The number of rotatable bonds is 3. The molecule has 0 atom stereocenters. The third-order valence-electron chi connectivity index (χ3n) is 2.74. The third-order valence-corrected chi connectivity index (χ3v) is 3.48. The molecule has 1 fully saturated rings. The Morgan fingerprint density at radius 3 is 2.50 bits per heavy atom. The highest BCUT2D eigenvalue weighted by atomic mass is 35.5. The van der Waals surface area contributed by atoms with Crippen molar-refractivity contribution in [2.75, 3.05) is 13.2 Å². The SMILES string of the molecule is O=C(O)C1(Cc2ccc(Cl)c(Cl)c2)COC1. The van der Waals surface area contributed by atoms with E-state index in [4.69, 9.17) is 33.0 Å². The summed E-state index contributed by atoms with van der Waals surface area (Å²) >= 11 is 11.7. The largest absolute Gasteiger partial charge is 0.481 e. The van der Waals surface area contributed by atoms with Crippen molar-refractivity contribution in [1.29, 1.82) is 0 Å². The van der Waals surface area contributed by atoms with Crippen molar-refractivity contribution in [3.63, 3.8) is 0 Å². The van der Waals surface area contributed by atoms with E-state index in [1.807, 2.05) is 0 Å². The molecule has 1 aliphatic rings. The van der Waals surface area contributed by atoms with Gasteiger partial charge in [-0.1, -0.05) is 29.3 Å². The van der Waals surface area contributed by atoms with Gasteiger partial charge in [-0.25, -0.2) is 0 Å². The first-order chi connectivity index (χ1) is 7.53. The Bertz CT molecular complexity index is 427. The highest BCUT2D eigenvalue weighted by Gasteiger charge is 2.46. The Kier molecular flexibility index (Phi) is 3.10. The van der Waals surface area contributed by atoms with Gasteiger partial charge >= 0.3 is 5.97 Å². The smallest absolute Gasteiger partial charge is 0.314 e.